The first-order valence-corrected chi connectivity index (χ1v) is 9.88. The minimum Gasteiger partial charge on any atom is -0.365 e. The molecule has 0 spiro atoms. The molecule has 1 N–H and O–H groups in total. The number of carbonyl (C=O) groups excluding carboxylic acids is 1. The number of aryl methyl sites for hydroxylation is 2. The molecule has 0 aromatic heterocycles. The fourth-order valence-electron chi connectivity index (χ4n) is 2.86. The molecule has 1 heterocycles. The molecule has 6 nitrogen and oxygen atoms in total. The number of carbonyl (C=O) groups is 1. The second-order valence-electron chi connectivity index (χ2n) is 6.44. The fourth-order valence-corrected chi connectivity index (χ4v) is 4.03. The molecule has 2 aromatic carbocycles. The maximum absolute atomic E-state index is 12.4. The second kappa shape index (κ2) is 7.57. The van der Waals surface area contributed by atoms with Gasteiger partial charge in [0.05, 0.1) is 17.5 Å². The lowest BCUT2D eigenvalue weighted by Crippen LogP contribution is -2.50. The van der Waals surface area contributed by atoms with Crippen molar-refractivity contribution >= 4 is 21.6 Å². The number of amides is 1. The summed E-state index contributed by atoms with van der Waals surface area (Å²) in [5.41, 5.74) is 2.72. The van der Waals surface area contributed by atoms with Crippen LogP contribution in [-0.4, -0.2) is 40.1 Å². The van der Waals surface area contributed by atoms with Gasteiger partial charge in [0.15, 0.2) is 0 Å². The zero-order valence-corrected chi connectivity index (χ0v) is 15.6. The molecule has 138 valence electrons. The Kier molecular flexibility index (Phi) is 5.41. The van der Waals surface area contributed by atoms with E-state index in [1.165, 1.54) is 0 Å². The van der Waals surface area contributed by atoms with Crippen molar-refractivity contribution in [2.45, 2.75) is 24.8 Å². The number of morpholine rings is 1. The van der Waals surface area contributed by atoms with Crippen LogP contribution in [0.25, 0.3) is 0 Å². The lowest BCUT2D eigenvalue weighted by Gasteiger charge is -2.33. The van der Waals surface area contributed by atoms with Crippen molar-refractivity contribution in [1.29, 1.82) is 0 Å². The van der Waals surface area contributed by atoms with Crippen LogP contribution in [0.1, 0.15) is 11.1 Å². The summed E-state index contributed by atoms with van der Waals surface area (Å²) in [5, 5.41) is 0. The molecule has 1 aliphatic heterocycles. The number of nitrogens with zero attached hydrogens (tertiary/aromatic N) is 1. The van der Waals surface area contributed by atoms with E-state index in [2.05, 4.69) is 4.72 Å². The van der Waals surface area contributed by atoms with E-state index in [1.807, 2.05) is 44.2 Å². The van der Waals surface area contributed by atoms with Gasteiger partial charge in [-0.05, 0) is 49.2 Å². The first-order valence-electron chi connectivity index (χ1n) is 8.40. The highest BCUT2D eigenvalue weighted by Gasteiger charge is 2.28. The Bertz CT molecular complexity index is 911. The molecule has 1 amide bonds. The van der Waals surface area contributed by atoms with Gasteiger partial charge in [-0.15, -0.1) is 0 Å². The van der Waals surface area contributed by atoms with Gasteiger partial charge < -0.3 is 9.64 Å². The van der Waals surface area contributed by atoms with Crippen LogP contribution in [0.5, 0.6) is 0 Å². The third-order valence-corrected chi connectivity index (χ3v) is 5.67. The Hall–Kier alpha value is -2.22. The van der Waals surface area contributed by atoms with Gasteiger partial charge in [-0.3, -0.25) is 4.79 Å². The summed E-state index contributed by atoms with van der Waals surface area (Å²) < 4.78 is 33.0. The molecule has 1 fully saturated rings. The van der Waals surface area contributed by atoms with Crippen molar-refractivity contribution in [1.82, 2.24) is 4.72 Å². The summed E-state index contributed by atoms with van der Waals surface area (Å²) in [6.45, 7) is 4.14. The predicted molar refractivity (Wildman–Crippen MR) is 99.6 cm³/mol. The molecule has 0 saturated carbocycles. The van der Waals surface area contributed by atoms with Crippen molar-refractivity contribution in [3.05, 3.63) is 59.7 Å². The fraction of sp³-hybridized carbons (Fsp3) is 0.316. The zero-order chi connectivity index (χ0) is 18.7. The molecule has 1 aliphatic rings. The van der Waals surface area contributed by atoms with Crippen LogP contribution in [0.3, 0.4) is 0 Å². The number of anilines is 1. The van der Waals surface area contributed by atoms with E-state index in [1.54, 1.807) is 23.1 Å². The van der Waals surface area contributed by atoms with Crippen molar-refractivity contribution in [3.8, 4) is 0 Å². The Morgan fingerprint density at radius 2 is 1.81 bits per heavy atom. The summed E-state index contributed by atoms with van der Waals surface area (Å²) in [4.78, 5) is 14.0. The van der Waals surface area contributed by atoms with Crippen molar-refractivity contribution in [2.75, 3.05) is 24.6 Å². The van der Waals surface area contributed by atoms with Crippen molar-refractivity contribution in [2.24, 2.45) is 0 Å². The molecule has 3 rings (SSSR count). The smallest absolute Gasteiger partial charge is 0.253 e. The summed E-state index contributed by atoms with van der Waals surface area (Å²) >= 11 is 0. The van der Waals surface area contributed by atoms with Crippen LogP contribution in [0, 0.1) is 13.8 Å². The molecule has 7 heteroatoms. The largest absolute Gasteiger partial charge is 0.365 e. The Morgan fingerprint density at radius 3 is 2.50 bits per heavy atom. The molecule has 26 heavy (non-hydrogen) atoms. The summed E-state index contributed by atoms with van der Waals surface area (Å²) in [6.07, 6.45) is -0.409. The Morgan fingerprint density at radius 1 is 1.12 bits per heavy atom. The normalized spacial score (nSPS) is 18.2. The van der Waals surface area contributed by atoms with Gasteiger partial charge >= 0.3 is 0 Å². The van der Waals surface area contributed by atoms with Gasteiger partial charge in [0, 0.05) is 12.2 Å². The maximum atomic E-state index is 12.4. The monoisotopic (exact) mass is 374 g/mol. The van der Waals surface area contributed by atoms with Crippen molar-refractivity contribution in [3.63, 3.8) is 0 Å². The quantitative estimate of drug-likeness (QED) is 0.869. The molecule has 1 saturated heterocycles. The van der Waals surface area contributed by atoms with Gasteiger partial charge in [0.2, 0.25) is 10.0 Å². The highest BCUT2D eigenvalue weighted by atomic mass is 32.2. The zero-order valence-electron chi connectivity index (χ0n) is 14.8. The maximum Gasteiger partial charge on any atom is 0.253 e. The SMILES string of the molecule is Cc1cccc(N2CC(CNS(=O)(=O)c3cccc(C)c3)OCC2=O)c1. The van der Waals surface area contributed by atoms with E-state index in [9.17, 15) is 13.2 Å². The summed E-state index contributed by atoms with van der Waals surface area (Å²) in [5.74, 6) is -0.131. The first kappa shape index (κ1) is 18.6. The van der Waals surface area contributed by atoms with E-state index in [4.69, 9.17) is 4.74 Å². The topological polar surface area (TPSA) is 75.7 Å². The number of nitrogens with one attached hydrogen (secondary N) is 1. The Balaban J connectivity index is 1.68. The highest BCUT2D eigenvalue weighted by Crippen LogP contribution is 2.20. The molecule has 0 bridgehead atoms. The van der Waals surface area contributed by atoms with Crippen LogP contribution in [0.15, 0.2) is 53.4 Å². The number of rotatable bonds is 5. The average molecular weight is 374 g/mol. The molecule has 1 atom stereocenters. The van der Waals surface area contributed by atoms with Crippen LogP contribution in [-0.2, 0) is 19.6 Å². The number of sulfonamides is 1. The van der Waals surface area contributed by atoms with Crippen molar-refractivity contribution < 1.29 is 17.9 Å². The third-order valence-electron chi connectivity index (χ3n) is 4.24. The van der Waals surface area contributed by atoms with Gasteiger partial charge in [0.1, 0.15) is 6.61 Å². The number of benzene rings is 2. The van der Waals surface area contributed by atoms with E-state index in [0.717, 1.165) is 16.8 Å². The number of hydrogen-bond acceptors (Lipinski definition) is 4. The van der Waals surface area contributed by atoms with Gasteiger partial charge in [-0.1, -0.05) is 24.3 Å². The summed E-state index contributed by atoms with van der Waals surface area (Å²) in [6, 6.07) is 14.4. The lowest BCUT2D eigenvalue weighted by molar-refractivity contribution is -0.129. The summed E-state index contributed by atoms with van der Waals surface area (Å²) in [7, 11) is -3.62. The Labute approximate surface area is 153 Å². The molecule has 0 aliphatic carbocycles. The van der Waals surface area contributed by atoms with Crippen LogP contribution in [0.4, 0.5) is 5.69 Å². The molecular formula is C19H22N2O4S. The van der Waals surface area contributed by atoms with Crippen LogP contribution in [0.2, 0.25) is 0 Å². The van der Waals surface area contributed by atoms with E-state index in [-0.39, 0.29) is 24.0 Å². The van der Waals surface area contributed by atoms with E-state index >= 15 is 0 Å². The number of ether oxygens (including phenoxy) is 1. The molecule has 1 unspecified atom stereocenters. The predicted octanol–water partition coefficient (Wildman–Crippen LogP) is 2.01. The number of hydrogen-bond donors (Lipinski definition) is 1. The minimum atomic E-state index is -3.62. The van der Waals surface area contributed by atoms with Gasteiger partial charge in [-0.25, -0.2) is 13.1 Å². The van der Waals surface area contributed by atoms with Crippen LogP contribution >= 0.6 is 0 Å². The highest BCUT2D eigenvalue weighted by molar-refractivity contribution is 7.89. The molecular weight excluding hydrogens is 352 g/mol. The van der Waals surface area contributed by atoms with E-state index < -0.39 is 16.1 Å². The van der Waals surface area contributed by atoms with Crippen LogP contribution < -0.4 is 9.62 Å². The standard InChI is InChI=1S/C19H22N2O4S/c1-14-5-3-7-16(9-14)21-12-17(25-13-19(21)22)11-20-26(23,24)18-8-4-6-15(2)10-18/h3-10,17,20H,11-13H2,1-2H3. The van der Waals surface area contributed by atoms with Gasteiger partial charge in [-0.2, -0.15) is 0 Å². The lowest BCUT2D eigenvalue weighted by atomic mass is 10.2. The van der Waals surface area contributed by atoms with Gasteiger partial charge in [0.25, 0.3) is 5.91 Å². The van der Waals surface area contributed by atoms with E-state index in [0.29, 0.717) is 6.54 Å². The average Bonchev–Trinajstić information content (AvgIpc) is 2.61. The third kappa shape index (κ3) is 4.30. The second-order valence-corrected chi connectivity index (χ2v) is 8.21. The minimum absolute atomic E-state index is 0.0647. The molecule has 0 radical (unpaired) electrons. The molecule has 2 aromatic rings. The first-order chi connectivity index (χ1) is 12.3.